The van der Waals surface area contributed by atoms with Gasteiger partial charge < -0.3 is 5.32 Å². The molecule has 1 heteroatoms. The van der Waals surface area contributed by atoms with Crippen molar-refractivity contribution in [2.75, 3.05) is 7.05 Å². The lowest BCUT2D eigenvalue weighted by molar-refractivity contribution is 0.327. The third kappa shape index (κ3) is 8.29. The Morgan fingerprint density at radius 2 is 1.77 bits per heavy atom. The molecule has 0 aliphatic heterocycles. The molecule has 0 aromatic heterocycles. The van der Waals surface area contributed by atoms with Gasteiger partial charge in [0.15, 0.2) is 0 Å². The van der Waals surface area contributed by atoms with E-state index in [9.17, 15) is 0 Å². The molecule has 0 aromatic rings. The Labute approximate surface area is 84.3 Å². The molecule has 0 bridgehead atoms. The predicted molar refractivity (Wildman–Crippen MR) is 61.1 cm³/mol. The molecule has 80 valence electrons. The highest BCUT2D eigenvalue weighted by atomic mass is 14.9. The first-order valence-corrected chi connectivity index (χ1v) is 5.67. The Morgan fingerprint density at radius 3 is 2.15 bits per heavy atom. The molecule has 0 radical (unpaired) electrons. The second-order valence-corrected chi connectivity index (χ2v) is 5.23. The largest absolute Gasteiger partial charge is 0.317 e. The van der Waals surface area contributed by atoms with Crippen LogP contribution in [0.4, 0.5) is 0 Å². The van der Waals surface area contributed by atoms with Crippen LogP contribution in [0.1, 0.15) is 59.8 Å². The Bertz CT molecular complexity index is 113. The molecule has 0 saturated carbocycles. The van der Waals surface area contributed by atoms with E-state index in [4.69, 9.17) is 0 Å². The maximum atomic E-state index is 3.41. The lowest BCUT2D eigenvalue weighted by atomic mass is 9.88. The van der Waals surface area contributed by atoms with E-state index >= 15 is 0 Å². The summed E-state index contributed by atoms with van der Waals surface area (Å²) < 4.78 is 0. The van der Waals surface area contributed by atoms with Gasteiger partial charge in [-0.05, 0) is 31.7 Å². The summed E-state index contributed by atoms with van der Waals surface area (Å²) in [7, 11) is 2.09. The molecule has 0 fully saturated rings. The Hall–Kier alpha value is -0.0400. The average Bonchev–Trinajstić information content (AvgIpc) is 2.03. The van der Waals surface area contributed by atoms with Gasteiger partial charge in [-0.1, -0.05) is 40.5 Å². The number of rotatable bonds is 6. The second-order valence-electron chi connectivity index (χ2n) is 5.23. The van der Waals surface area contributed by atoms with Gasteiger partial charge in [-0.2, -0.15) is 0 Å². The van der Waals surface area contributed by atoms with Gasteiger partial charge in [0.1, 0.15) is 0 Å². The van der Waals surface area contributed by atoms with Crippen molar-refractivity contribution in [2.24, 2.45) is 5.41 Å². The Morgan fingerprint density at radius 1 is 1.15 bits per heavy atom. The van der Waals surface area contributed by atoms with Crippen molar-refractivity contribution in [3.63, 3.8) is 0 Å². The van der Waals surface area contributed by atoms with Crippen molar-refractivity contribution in [3.05, 3.63) is 0 Å². The molecule has 1 N–H and O–H groups in total. The fourth-order valence-electron chi connectivity index (χ4n) is 1.49. The number of unbranched alkanes of at least 4 members (excludes halogenated alkanes) is 1. The van der Waals surface area contributed by atoms with Gasteiger partial charge in [0.25, 0.3) is 0 Å². The van der Waals surface area contributed by atoms with Crippen LogP contribution in [0.2, 0.25) is 0 Å². The molecule has 1 atom stereocenters. The standard InChI is InChI=1S/C12H27N/c1-6-7-8-11(13-5)9-10-12(2,3)4/h11,13H,6-10H2,1-5H3. The van der Waals surface area contributed by atoms with Gasteiger partial charge in [-0.25, -0.2) is 0 Å². The van der Waals surface area contributed by atoms with Crippen molar-refractivity contribution < 1.29 is 0 Å². The van der Waals surface area contributed by atoms with Gasteiger partial charge >= 0.3 is 0 Å². The van der Waals surface area contributed by atoms with Crippen LogP contribution in [0.3, 0.4) is 0 Å². The van der Waals surface area contributed by atoms with Crippen molar-refractivity contribution in [1.29, 1.82) is 0 Å². The van der Waals surface area contributed by atoms with Gasteiger partial charge in [0, 0.05) is 6.04 Å². The van der Waals surface area contributed by atoms with Crippen molar-refractivity contribution in [1.82, 2.24) is 5.32 Å². The zero-order valence-electron chi connectivity index (χ0n) is 10.1. The summed E-state index contributed by atoms with van der Waals surface area (Å²) in [5, 5.41) is 3.41. The molecule has 0 aromatic carbocycles. The van der Waals surface area contributed by atoms with Gasteiger partial charge in [-0.3, -0.25) is 0 Å². The van der Waals surface area contributed by atoms with E-state index in [2.05, 4.69) is 40.1 Å². The van der Waals surface area contributed by atoms with Crippen molar-refractivity contribution in [2.45, 2.75) is 65.8 Å². The zero-order chi connectivity index (χ0) is 10.3. The molecule has 1 unspecified atom stereocenters. The highest BCUT2D eigenvalue weighted by molar-refractivity contribution is 4.69. The molecule has 13 heavy (non-hydrogen) atoms. The topological polar surface area (TPSA) is 12.0 Å². The summed E-state index contributed by atoms with van der Waals surface area (Å²) in [6.45, 7) is 9.22. The Kier molecular flexibility index (Phi) is 6.40. The van der Waals surface area contributed by atoms with Crippen LogP contribution in [0.5, 0.6) is 0 Å². The average molecular weight is 185 g/mol. The normalized spacial score (nSPS) is 14.5. The quantitative estimate of drug-likeness (QED) is 0.667. The van der Waals surface area contributed by atoms with Crippen molar-refractivity contribution >= 4 is 0 Å². The smallest absolute Gasteiger partial charge is 0.00642 e. The van der Waals surface area contributed by atoms with Gasteiger partial charge in [-0.15, -0.1) is 0 Å². The summed E-state index contributed by atoms with van der Waals surface area (Å²) in [4.78, 5) is 0. The summed E-state index contributed by atoms with van der Waals surface area (Å²) in [5.41, 5.74) is 0.487. The summed E-state index contributed by atoms with van der Waals surface area (Å²) in [6, 6.07) is 0.735. The first-order chi connectivity index (χ1) is 5.99. The van der Waals surface area contributed by atoms with Gasteiger partial charge in [0.05, 0.1) is 0 Å². The molecule has 1 nitrogen and oxygen atoms in total. The summed E-state index contributed by atoms with van der Waals surface area (Å²) in [5.74, 6) is 0. The van der Waals surface area contributed by atoms with E-state index in [1.807, 2.05) is 0 Å². The predicted octanol–water partition coefficient (Wildman–Crippen LogP) is 3.59. The molecular formula is C12H27N. The third-order valence-electron chi connectivity index (χ3n) is 2.56. The number of hydrogen-bond acceptors (Lipinski definition) is 1. The van der Waals surface area contributed by atoms with E-state index in [0.29, 0.717) is 5.41 Å². The number of hydrogen-bond donors (Lipinski definition) is 1. The summed E-state index contributed by atoms with van der Waals surface area (Å²) >= 11 is 0. The van der Waals surface area contributed by atoms with Crippen LogP contribution in [0.15, 0.2) is 0 Å². The van der Waals surface area contributed by atoms with Crippen LogP contribution in [0, 0.1) is 5.41 Å². The maximum absolute atomic E-state index is 3.41. The highest BCUT2D eigenvalue weighted by Crippen LogP contribution is 2.22. The monoisotopic (exact) mass is 185 g/mol. The van der Waals surface area contributed by atoms with Crippen LogP contribution >= 0.6 is 0 Å². The van der Waals surface area contributed by atoms with Crippen molar-refractivity contribution in [3.8, 4) is 0 Å². The van der Waals surface area contributed by atoms with Crippen LogP contribution in [-0.4, -0.2) is 13.1 Å². The zero-order valence-corrected chi connectivity index (χ0v) is 10.1. The first kappa shape index (κ1) is 13.0. The molecule has 0 amide bonds. The molecule has 0 aliphatic carbocycles. The fourth-order valence-corrected chi connectivity index (χ4v) is 1.49. The maximum Gasteiger partial charge on any atom is 0.00642 e. The Balaban J connectivity index is 3.59. The highest BCUT2D eigenvalue weighted by Gasteiger charge is 2.13. The molecule has 0 saturated heterocycles. The van der Waals surface area contributed by atoms with Crippen LogP contribution in [0.25, 0.3) is 0 Å². The van der Waals surface area contributed by atoms with E-state index < -0.39 is 0 Å². The molecule has 0 heterocycles. The van der Waals surface area contributed by atoms with E-state index in [1.54, 1.807) is 0 Å². The molecule has 0 aliphatic rings. The van der Waals surface area contributed by atoms with E-state index in [0.717, 1.165) is 6.04 Å². The second kappa shape index (κ2) is 6.42. The minimum Gasteiger partial charge on any atom is -0.317 e. The van der Waals surface area contributed by atoms with E-state index in [-0.39, 0.29) is 0 Å². The number of nitrogens with one attached hydrogen (secondary N) is 1. The SMILES string of the molecule is CCCCC(CCC(C)(C)C)NC. The third-order valence-corrected chi connectivity index (χ3v) is 2.56. The lowest BCUT2D eigenvalue weighted by Gasteiger charge is -2.22. The molecule has 0 spiro atoms. The first-order valence-electron chi connectivity index (χ1n) is 5.67. The summed E-state index contributed by atoms with van der Waals surface area (Å²) in [6.07, 6.45) is 6.65. The molecule has 0 rings (SSSR count). The minimum absolute atomic E-state index is 0.487. The fraction of sp³-hybridized carbons (Fsp3) is 1.00. The van der Waals surface area contributed by atoms with Crippen LogP contribution < -0.4 is 5.32 Å². The van der Waals surface area contributed by atoms with Crippen LogP contribution in [-0.2, 0) is 0 Å². The van der Waals surface area contributed by atoms with Gasteiger partial charge in [0.2, 0.25) is 0 Å². The molecular weight excluding hydrogens is 158 g/mol. The lowest BCUT2D eigenvalue weighted by Crippen LogP contribution is -2.26. The minimum atomic E-state index is 0.487. The van der Waals surface area contributed by atoms with E-state index in [1.165, 1.54) is 32.1 Å².